The number of nitrogens with zero attached hydrogens (tertiary/aromatic N) is 3. The van der Waals surface area contributed by atoms with Crippen LogP contribution >= 0.6 is 11.3 Å². The Morgan fingerprint density at radius 1 is 1.12 bits per heavy atom. The molecule has 0 saturated heterocycles. The third kappa shape index (κ3) is 4.98. The molecular weight excluding hydrogens is 442 g/mol. The van der Waals surface area contributed by atoms with Gasteiger partial charge >= 0.3 is 5.97 Å². The highest BCUT2D eigenvalue weighted by molar-refractivity contribution is 7.15. The van der Waals surface area contributed by atoms with Gasteiger partial charge in [0.25, 0.3) is 11.1 Å². The fourth-order valence-corrected chi connectivity index (χ4v) is 4.13. The Morgan fingerprint density at radius 2 is 1.88 bits per heavy atom. The summed E-state index contributed by atoms with van der Waals surface area (Å²) in [6.07, 6.45) is 1.95. The maximum atomic E-state index is 13.0. The van der Waals surface area contributed by atoms with Crippen molar-refractivity contribution in [1.82, 2.24) is 14.6 Å². The molecule has 2 heterocycles. The molecule has 2 aromatic heterocycles. The van der Waals surface area contributed by atoms with Crippen molar-refractivity contribution in [2.24, 2.45) is 0 Å². The molecule has 0 unspecified atom stereocenters. The van der Waals surface area contributed by atoms with Gasteiger partial charge in [0.05, 0.1) is 11.1 Å². The van der Waals surface area contributed by atoms with E-state index in [1.807, 2.05) is 38.1 Å². The van der Waals surface area contributed by atoms with Crippen molar-refractivity contribution in [1.29, 1.82) is 0 Å². The first kappa shape index (κ1) is 22.3. The SMILES string of the molecule is CCOc1cc(/C=c2\sc3nc(=O)c(Cc4ccc(C)cc4)nn3c2=O)ccc1OC(C)=O. The second-order valence-corrected chi connectivity index (χ2v) is 8.38. The van der Waals surface area contributed by atoms with Gasteiger partial charge in [0.1, 0.15) is 5.69 Å². The molecule has 8 nitrogen and oxygen atoms in total. The number of thiazole rings is 1. The summed E-state index contributed by atoms with van der Waals surface area (Å²) in [7, 11) is 0. The molecule has 0 amide bonds. The van der Waals surface area contributed by atoms with Gasteiger partial charge in [-0.15, -0.1) is 0 Å². The number of esters is 1. The number of rotatable bonds is 6. The number of fused-ring (bicyclic) bond motifs is 1. The summed E-state index contributed by atoms with van der Waals surface area (Å²) in [4.78, 5) is 41.0. The second kappa shape index (κ2) is 9.33. The largest absolute Gasteiger partial charge is 0.490 e. The Kier molecular flexibility index (Phi) is 6.32. The summed E-state index contributed by atoms with van der Waals surface area (Å²) in [5.74, 6) is 0.234. The molecular formula is C24H21N3O5S. The van der Waals surface area contributed by atoms with Crippen LogP contribution in [0.5, 0.6) is 11.5 Å². The molecule has 168 valence electrons. The smallest absolute Gasteiger partial charge is 0.308 e. The number of ether oxygens (including phenoxy) is 2. The van der Waals surface area contributed by atoms with Crippen molar-refractivity contribution < 1.29 is 14.3 Å². The van der Waals surface area contributed by atoms with Crippen LogP contribution in [0.1, 0.15) is 36.2 Å². The highest BCUT2D eigenvalue weighted by atomic mass is 32.1. The predicted octanol–water partition coefficient (Wildman–Crippen LogP) is 2.28. The predicted molar refractivity (Wildman–Crippen MR) is 125 cm³/mol. The number of benzene rings is 2. The molecule has 0 fully saturated rings. The molecule has 2 aromatic carbocycles. The number of aromatic nitrogens is 3. The van der Waals surface area contributed by atoms with Crippen molar-refractivity contribution in [3.63, 3.8) is 0 Å². The van der Waals surface area contributed by atoms with Gasteiger partial charge < -0.3 is 9.47 Å². The summed E-state index contributed by atoms with van der Waals surface area (Å²) < 4.78 is 12.2. The van der Waals surface area contributed by atoms with E-state index < -0.39 is 11.5 Å². The van der Waals surface area contributed by atoms with Gasteiger partial charge in [-0.05, 0) is 43.2 Å². The standard InChI is InChI=1S/C24H21N3O5S/c1-4-31-20-12-17(9-10-19(20)32-15(3)28)13-21-23(30)27-24(33-21)25-22(29)18(26-27)11-16-7-5-14(2)6-8-16/h5-10,12-13H,4,11H2,1-3H3/b21-13-. The zero-order valence-electron chi connectivity index (χ0n) is 18.3. The van der Waals surface area contributed by atoms with E-state index in [2.05, 4.69) is 10.1 Å². The third-order valence-corrected chi connectivity index (χ3v) is 5.72. The summed E-state index contributed by atoms with van der Waals surface area (Å²) >= 11 is 1.08. The summed E-state index contributed by atoms with van der Waals surface area (Å²) in [6, 6.07) is 12.8. The summed E-state index contributed by atoms with van der Waals surface area (Å²) in [6.45, 7) is 5.50. The van der Waals surface area contributed by atoms with E-state index in [0.29, 0.717) is 34.6 Å². The summed E-state index contributed by atoms with van der Waals surface area (Å²) in [5.41, 5.74) is 2.09. The molecule has 33 heavy (non-hydrogen) atoms. The van der Waals surface area contributed by atoms with Crippen molar-refractivity contribution in [3.05, 3.63) is 90.1 Å². The van der Waals surface area contributed by atoms with E-state index >= 15 is 0 Å². The fraction of sp³-hybridized carbons (Fsp3) is 0.208. The van der Waals surface area contributed by atoms with Gasteiger partial charge in [0, 0.05) is 13.3 Å². The molecule has 0 atom stereocenters. The van der Waals surface area contributed by atoms with E-state index in [1.54, 1.807) is 24.3 Å². The number of aryl methyl sites for hydroxylation is 1. The molecule has 0 saturated carbocycles. The molecule has 0 bridgehead atoms. The van der Waals surface area contributed by atoms with Crippen LogP contribution < -0.4 is 25.1 Å². The number of carbonyl (C=O) groups excluding carboxylic acids is 1. The van der Waals surface area contributed by atoms with Crippen LogP contribution in [-0.4, -0.2) is 27.2 Å². The quantitative estimate of drug-likeness (QED) is 0.319. The fourth-order valence-electron chi connectivity index (χ4n) is 3.22. The van der Waals surface area contributed by atoms with Gasteiger partial charge in [0.15, 0.2) is 11.5 Å². The maximum absolute atomic E-state index is 13.0. The average molecular weight is 464 g/mol. The van der Waals surface area contributed by atoms with Gasteiger partial charge in [0.2, 0.25) is 4.96 Å². The molecule has 0 spiro atoms. The number of carbonyl (C=O) groups is 1. The zero-order valence-corrected chi connectivity index (χ0v) is 19.1. The second-order valence-electron chi connectivity index (χ2n) is 7.37. The van der Waals surface area contributed by atoms with Crippen LogP contribution in [0.3, 0.4) is 0 Å². The average Bonchev–Trinajstić information content (AvgIpc) is 3.06. The van der Waals surface area contributed by atoms with E-state index in [-0.39, 0.29) is 16.2 Å². The number of hydrogen-bond donors (Lipinski definition) is 0. The van der Waals surface area contributed by atoms with Crippen LogP contribution in [0.2, 0.25) is 0 Å². The van der Waals surface area contributed by atoms with Gasteiger partial charge in [-0.25, -0.2) is 0 Å². The molecule has 0 aliphatic heterocycles. The number of hydrogen-bond acceptors (Lipinski definition) is 8. The molecule has 0 aliphatic rings. The first-order chi connectivity index (χ1) is 15.8. The van der Waals surface area contributed by atoms with Crippen LogP contribution in [0.15, 0.2) is 52.1 Å². The Bertz CT molecular complexity index is 1510. The van der Waals surface area contributed by atoms with Crippen LogP contribution in [-0.2, 0) is 11.2 Å². The van der Waals surface area contributed by atoms with Gasteiger partial charge in [-0.1, -0.05) is 47.2 Å². The topological polar surface area (TPSA) is 99.9 Å². The van der Waals surface area contributed by atoms with Crippen molar-refractivity contribution in [3.8, 4) is 11.5 Å². The Labute approximate surface area is 192 Å². The Balaban J connectivity index is 1.74. The lowest BCUT2D eigenvalue weighted by Gasteiger charge is -2.10. The molecule has 0 aliphatic carbocycles. The lowest BCUT2D eigenvalue weighted by molar-refractivity contribution is -0.132. The Morgan fingerprint density at radius 3 is 2.58 bits per heavy atom. The first-order valence-electron chi connectivity index (χ1n) is 10.3. The van der Waals surface area contributed by atoms with Crippen LogP contribution in [0.4, 0.5) is 0 Å². The van der Waals surface area contributed by atoms with E-state index in [4.69, 9.17) is 9.47 Å². The highest BCUT2D eigenvalue weighted by Crippen LogP contribution is 2.29. The molecule has 9 heteroatoms. The minimum absolute atomic E-state index is 0.210. The molecule has 4 aromatic rings. The summed E-state index contributed by atoms with van der Waals surface area (Å²) in [5, 5.41) is 4.29. The maximum Gasteiger partial charge on any atom is 0.308 e. The van der Waals surface area contributed by atoms with E-state index in [9.17, 15) is 14.4 Å². The lowest BCUT2D eigenvalue weighted by atomic mass is 10.1. The van der Waals surface area contributed by atoms with Crippen molar-refractivity contribution in [2.75, 3.05) is 6.61 Å². The zero-order chi connectivity index (χ0) is 23.5. The van der Waals surface area contributed by atoms with E-state index in [1.165, 1.54) is 6.92 Å². The minimum atomic E-state index is -0.456. The molecule has 0 radical (unpaired) electrons. The normalized spacial score (nSPS) is 11.7. The molecule has 4 rings (SSSR count). The van der Waals surface area contributed by atoms with Crippen LogP contribution in [0.25, 0.3) is 11.0 Å². The minimum Gasteiger partial charge on any atom is -0.490 e. The first-order valence-corrected chi connectivity index (χ1v) is 11.1. The van der Waals surface area contributed by atoms with Crippen molar-refractivity contribution in [2.45, 2.75) is 27.2 Å². The Hall–Kier alpha value is -3.85. The third-order valence-electron chi connectivity index (χ3n) is 4.76. The van der Waals surface area contributed by atoms with Gasteiger partial charge in [-0.2, -0.15) is 14.6 Å². The molecule has 0 N–H and O–H groups in total. The van der Waals surface area contributed by atoms with Crippen LogP contribution in [0, 0.1) is 6.92 Å². The van der Waals surface area contributed by atoms with Crippen molar-refractivity contribution >= 4 is 28.3 Å². The monoisotopic (exact) mass is 463 g/mol. The van der Waals surface area contributed by atoms with E-state index in [0.717, 1.165) is 27.0 Å². The van der Waals surface area contributed by atoms with Gasteiger partial charge in [-0.3, -0.25) is 14.4 Å². The highest BCUT2D eigenvalue weighted by Gasteiger charge is 2.13. The lowest BCUT2D eigenvalue weighted by Crippen LogP contribution is -2.28.